The Balaban J connectivity index is 1.86. The van der Waals surface area contributed by atoms with Crippen LogP contribution in [0.1, 0.15) is 30.5 Å². The van der Waals surface area contributed by atoms with Gasteiger partial charge < -0.3 is 14.8 Å². The van der Waals surface area contributed by atoms with Crippen molar-refractivity contribution in [1.82, 2.24) is 0 Å². The van der Waals surface area contributed by atoms with E-state index in [1.807, 2.05) is 39.0 Å². The van der Waals surface area contributed by atoms with Crippen molar-refractivity contribution in [3.8, 4) is 5.75 Å². The van der Waals surface area contributed by atoms with E-state index in [-0.39, 0.29) is 19.1 Å². The molecule has 0 spiro atoms. The van der Waals surface area contributed by atoms with E-state index in [1.165, 1.54) is 0 Å². The average Bonchev–Trinajstić information content (AvgIpc) is 2.65. The van der Waals surface area contributed by atoms with Crippen LogP contribution in [-0.4, -0.2) is 25.1 Å². The van der Waals surface area contributed by atoms with Crippen LogP contribution in [0, 0.1) is 6.92 Å². The Labute approximate surface area is 164 Å². The Morgan fingerprint density at radius 2 is 1.70 bits per heavy atom. The monoisotopic (exact) mass is 389 g/mol. The molecule has 1 amide bonds. The molecule has 2 aromatic rings. The third-order valence-corrected chi connectivity index (χ3v) is 4.35. The van der Waals surface area contributed by atoms with E-state index in [0.29, 0.717) is 10.8 Å². The number of ether oxygens (including phenoxy) is 2. The van der Waals surface area contributed by atoms with Gasteiger partial charge in [0.25, 0.3) is 5.91 Å². The summed E-state index contributed by atoms with van der Waals surface area (Å²) in [6, 6.07) is 11.0. The third-order valence-electron chi connectivity index (χ3n) is 4.11. The van der Waals surface area contributed by atoms with Gasteiger partial charge in [-0.05, 0) is 54.7 Å². The number of nitrogens with one attached hydrogen (secondary N) is 1. The molecule has 0 aliphatic rings. The number of amides is 1. The summed E-state index contributed by atoms with van der Waals surface area (Å²) >= 11 is 5.88. The highest BCUT2D eigenvalue weighted by Crippen LogP contribution is 2.23. The fourth-order valence-corrected chi connectivity index (χ4v) is 2.90. The van der Waals surface area contributed by atoms with Gasteiger partial charge >= 0.3 is 5.97 Å². The van der Waals surface area contributed by atoms with Crippen LogP contribution in [0.2, 0.25) is 5.02 Å². The lowest BCUT2D eigenvalue weighted by Crippen LogP contribution is -2.24. The number of carbonyl (C=O) groups excluding carboxylic acids is 2. The molecule has 0 aliphatic heterocycles. The van der Waals surface area contributed by atoms with E-state index in [1.54, 1.807) is 18.2 Å². The first-order valence-corrected chi connectivity index (χ1v) is 9.27. The topological polar surface area (TPSA) is 64.6 Å². The fourth-order valence-electron chi connectivity index (χ4n) is 2.68. The number of rotatable bonds is 8. The van der Waals surface area contributed by atoms with Gasteiger partial charge in [0, 0.05) is 10.7 Å². The van der Waals surface area contributed by atoms with Crippen LogP contribution >= 0.6 is 11.6 Å². The predicted octanol–water partition coefficient (Wildman–Crippen LogP) is 4.33. The van der Waals surface area contributed by atoms with E-state index < -0.39 is 5.97 Å². The van der Waals surface area contributed by atoms with Crippen LogP contribution in [0.4, 0.5) is 5.69 Å². The molecule has 2 aromatic carbocycles. The second-order valence-corrected chi connectivity index (χ2v) is 6.50. The number of anilines is 1. The molecule has 0 aliphatic carbocycles. The fraction of sp³-hybridized carbons (Fsp3) is 0.333. The van der Waals surface area contributed by atoms with E-state index in [0.717, 1.165) is 35.2 Å². The van der Waals surface area contributed by atoms with Gasteiger partial charge in [-0.1, -0.05) is 43.6 Å². The number of para-hydroxylation sites is 1. The first-order valence-electron chi connectivity index (χ1n) is 8.89. The summed E-state index contributed by atoms with van der Waals surface area (Å²) in [5.41, 5.74) is 3.72. The number of benzene rings is 2. The third kappa shape index (κ3) is 6.00. The summed E-state index contributed by atoms with van der Waals surface area (Å²) in [6.07, 6.45) is 1.61. The number of hydrogen-bond donors (Lipinski definition) is 1. The molecule has 144 valence electrons. The van der Waals surface area contributed by atoms with Crippen LogP contribution in [-0.2, 0) is 27.2 Å². The van der Waals surface area contributed by atoms with E-state index in [4.69, 9.17) is 21.1 Å². The van der Waals surface area contributed by atoms with Crippen molar-refractivity contribution in [3.05, 3.63) is 58.1 Å². The molecule has 6 heteroatoms. The largest absolute Gasteiger partial charge is 0.482 e. The van der Waals surface area contributed by atoms with Crippen molar-refractivity contribution in [1.29, 1.82) is 0 Å². The number of aryl methyl sites for hydroxylation is 3. The molecule has 0 saturated heterocycles. The number of halogens is 1. The minimum absolute atomic E-state index is 0.276. The van der Waals surface area contributed by atoms with Crippen molar-refractivity contribution in [2.45, 2.75) is 33.6 Å². The van der Waals surface area contributed by atoms with Crippen LogP contribution in [0.5, 0.6) is 5.75 Å². The van der Waals surface area contributed by atoms with Gasteiger partial charge in [-0.15, -0.1) is 0 Å². The average molecular weight is 390 g/mol. The Morgan fingerprint density at radius 3 is 2.30 bits per heavy atom. The van der Waals surface area contributed by atoms with E-state index in [2.05, 4.69) is 5.32 Å². The van der Waals surface area contributed by atoms with Crippen LogP contribution < -0.4 is 10.1 Å². The van der Waals surface area contributed by atoms with Crippen molar-refractivity contribution in [3.63, 3.8) is 0 Å². The summed E-state index contributed by atoms with van der Waals surface area (Å²) in [5, 5.41) is 3.45. The summed E-state index contributed by atoms with van der Waals surface area (Å²) in [6.45, 7) is 5.25. The molecule has 0 unspecified atom stereocenters. The quantitative estimate of drug-likeness (QED) is 0.682. The lowest BCUT2D eigenvalue weighted by molar-refractivity contribution is -0.149. The maximum Gasteiger partial charge on any atom is 0.344 e. The summed E-state index contributed by atoms with van der Waals surface area (Å²) in [5.74, 6) is -0.439. The maximum absolute atomic E-state index is 12.2. The zero-order valence-electron chi connectivity index (χ0n) is 15.8. The molecular formula is C21H24ClNO4. The second kappa shape index (κ2) is 9.97. The van der Waals surface area contributed by atoms with Crippen LogP contribution in [0.3, 0.4) is 0 Å². The number of esters is 1. The molecule has 2 rings (SSSR count). The Kier molecular flexibility index (Phi) is 7.67. The molecule has 0 radical (unpaired) electrons. The first kappa shape index (κ1) is 20.8. The molecular weight excluding hydrogens is 366 g/mol. The Bertz CT molecular complexity index is 798. The Morgan fingerprint density at radius 1 is 1.04 bits per heavy atom. The second-order valence-electron chi connectivity index (χ2n) is 6.07. The lowest BCUT2D eigenvalue weighted by atomic mass is 10.0. The van der Waals surface area contributed by atoms with Crippen molar-refractivity contribution in [2.75, 3.05) is 18.5 Å². The zero-order valence-corrected chi connectivity index (χ0v) is 16.6. The van der Waals surface area contributed by atoms with Gasteiger partial charge in [0.2, 0.25) is 0 Å². The Hall–Kier alpha value is -2.53. The molecule has 0 aromatic heterocycles. The maximum atomic E-state index is 12.2. The normalized spacial score (nSPS) is 10.4. The van der Waals surface area contributed by atoms with Gasteiger partial charge in [-0.25, -0.2) is 4.79 Å². The van der Waals surface area contributed by atoms with Crippen molar-refractivity contribution >= 4 is 29.2 Å². The molecule has 0 atom stereocenters. The van der Waals surface area contributed by atoms with Crippen LogP contribution in [0.25, 0.3) is 0 Å². The predicted molar refractivity (Wildman–Crippen MR) is 106 cm³/mol. The highest BCUT2D eigenvalue weighted by atomic mass is 35.5. The number of carbonyl (C=O) groups is 2. The molecule has 1 N–H and O–H groups in total. The standard InChI is InChI=1S/C21H24ClNO4/c1-4-15-7-6-8-16(5-2)21(15)23-19(24)12-27-20(25)13-26-18-10-9-17(22)11-14(18)3/h6-11H,4-5,12-13H2,1-3H3,(H,23,24). The van der Waals surface area contributed by atoms with Crippen LogP contribution in [0.15, 0.2) is 36.4 Å². The van der Waals surface area contributed by atoms with E-state index in [9.17, 15) is 9.59 Å². The first-order chi connectivity index (χ1) is 12.9. The number of hydrogen-bond acceptors (Lipinski definition) is 4. The highest BCUT2D eigenvalue weighted by Gasteiger charge is 2.13. The van der Waals surface area contributed by atoms with Crippen molar-refractivity contribution in [2.24, 2.45) is 0 Å². The molecule has 27 heavy (non-hydrogen) atoms. The summed E-state index contributed by atoms with van der Waals surface area (Å²) in [4.78, 5) is 24.0. The highest BCUT2D eigenvalue weighted by molar-refractivity contribution is 6.30. The smallest absolute Gasteiger partial charge is 0.344 e. The molecule has 0 saturated carbocycles. The van der Waals surface area contributed by atoms with E-state index >= 15 is 0 Å². The summed E-state index contributed by atoms with van der Waals surface area (Å²) < 4.78 is 10.4. The van der Waals surface area contributed by atoms with Crippen molar-refractivity contribution < 1.29 is 19.1 Å². The van der Waals surface area contributed by atoms with Gasteiger partial charge in [-0.2, -0.15) is 0 Å². The molecule has 0 fully saturated rings. The molecule has 5 nitrogen and oxygen atoms in total. The van der Waals surface area contributed by atoms with Gasteiger partial charge in [0.05, 0.1) is 0 Å². The minimum Gasteiger partial charge on any atom is -0.482 e. The van der Waals surface area contributed by atoms with Gasteiger partial charge in [0.1, 0.15) is 5.75 Å². The van der Waals surface area contributed by atoms with Gasteiger partial charge in [-0.3, -0.25) is 4.79 Å². The SMILES string of the molecule is CCc1cccc(CC)c1NC(=O)COC(=O)COc1ccc(Cl)cc1C. The lowest BCUT2D eigenvalue weighted by Gasteiger charge is -2.14. The molecule has 0 bridgehead atoms. The van der Waals surface area contributed by atoms with Gasteiger partial charge in [0.15, 0.2) is 13.2 Å². The zero-order chi connectivity index (χ0) is 19.8. The summed E-state index contributed by atoms with van der Waals surface area (Å²) in [7, 11) is 0. The molecule has 0 heterocycles. The minimum atomic E-state index is -0.612.